The monoisotopic (exact) mass is 702 g/mol. The molecule has 260 valence electrons. The predicted molar refractivity (Wildman–Crippen MR) is 180 cm³/mol. The summed E-state index contributed by atoms with van der Waals surface area (Å²) in [5, 5.41) is 31.9. The number of benzene rings is 2. The van der Waals surface area contributed by atoms with Crippen molar-refractivity contribution in [1.82, 2.24) is 0 Å². The number of carbonyl (C=O) groups is 1. The molecule has 0 saturated heterocycles. The van der Waals surface area contributed by atoms with Crippen LogP contribution >= 0.6 is 0 Å². The van der Waals surface area contributed by atoms with E-state index in [4.69, 9.17) is 5.11 Å². The zero-order valence-corrected chi connectivity index (χ0v) is 29.1. The lowest BCUT2D eigenvalue weighted by Crippen LogP contribution is -2.38. The van der Waals surface area contributed by atoms with Crippen LogP contribution in [0.4, 0.5) is 11.4 Å². The Labute approximate surface area is 281 Å². The minimum absolute atomic E-state index is 0.0456. The molecule has 2 aliphatic heterocycles. The molecule has 0 saturated carbocycles. The van der Waals surface area contributed by atoms with Crippen molar-refractivity contribution in [3.8, 4) is 0 Å². The fourth-order valence-electron chi connectivity index (χ4n) is 7.13. The van der Waals surface area contributed by atoms with Crippen molar-refractivity contribution in [1.29, 1.82) is 0 Å². The highest BCUT2D eigenvalue weighted by molar-refractivity contribution is 7.86. The number of unbranched alkanes of at least 4 members (excludes halogenated alkanes) is 2. The topological polar surface area (TPSA) is 193 Å². The third-order valence-electron chi connectivity index (χ3n) is 9.81. The van der Waals surface area contributed by atoms with Crippen LogP contribution in [0.25, 0.3) is 0 Å². The molecule has 5 N–H and O–H groups in total. The number of likely N-dealkylation sites (N-methyl/N-ethyl adjacent to an activating group) is 1. The molecule has 48 heavy (non-hydrogen) atoms. The van der Waals surface area contributed by atoms with Gasteiger partial charge in [0, 0.05) is 58.7 Å². The van der Waals surface area contributed by atoms with E-state index in [9.17, 15) is 40.9 Å². The first-order valence-corrected chi connectivity index (χ1v) is 18.7. The second kappa shape index (κ2) is 12.3. The maximum absolute atomic E-state index is 12.0. The van der Waals surface area contributed by atoms with Gasteiger partial charge in [-0.3, -0.25) is 13.9 Å². The number of nitrogens with zero attached hydrogens (tertiary/aromatic N) is 2. The van der Waals surface area contributed by atoms with Crippen molar-refractivity contribution in [2.45, 2.75) is 87.0 Å². The molecule has 12 nitrogen and oxygen atoms in total. The molecule has 0 fully saturated rings. The third-order valence-corrected chi connectivity index (χ3v) is 11.5. The molecule has 0 radical (unpaired) electrons. The number of aliphatic hydroxyl groups excluding tert-OH is 2. The average Bonchev–Trinajstić information content (AvgIpc) is 3.34. The molecule has 14 heteroatoms. The van der Waals surface area contributed by atoms with E-state index in [0.717, 1.165) is 11.4 Å². The van der Waals surface area contributed by atoms with E-state index in [-0.39, 0.29) is 22.0 Å². The fourth-order valence-corrected chi connectivity index (χ4v) is 8.15. The second-order valence-corrected chi connectivity index (χ2v) is 16.4. The number of carboxylic acid groups (broad SMARTS) is 1. The molecule has 2 unspecified atom stereocenters. The van der Waals surface area contributed by atoms with E-state index in [1.165, 1.54) is 24.3 Å². The van der Waals surface area contributed by atoms with E-state index in [0.29, 0.717) is 60.4 Å². The quantitative estimate of drug-likeness (QED) is 0.150. The van der Waals surface area contributed by atoms with Crippen LogP contribution in [0.5, 0.6) is 0 Å². The predicted octanol–water partition coefficient (Wildman–Crippen LogP) is 5.31. The van der Waals surface area contributed by atoms with Crippen LogP contribution in [-0.2, 0) is 35.9 Å². The maximum atomic E-state index is 12.0. The van der Waals surface area contributed by atoms with Crippen molar-refractivity contribution in [2.75, 3.05) is 22.9 Å². The van der Waals surface area contributed by atoms with Crippen molar-refractivity contribution in [3.63, 3.8) is 0 Å². The number of hydrogen-bond donors (Lipinski definition) is 5. The Kier molecular flexibility index (Phi) is 9.14. The van der Waals surface area contributed by atoms with Gasteiger partial charge in [-0.2, -0.15) is 16.8 Å². The van der Waals surface area contributed by atoms with Crippen molar-refractivity contribution >= 4 is 37.6 Å². The number of hydrogen-bond acceptors (Lipinski definition) is 9. The van der Waals surface area contributed by atoms with Crippen LogP contribution in [0.3, 0.4) is 0 Å². The van der Waals surface area contributed by atoms with Gasteiger partial charge in [0.2, 0.25) is 0 Å². The zero-order chi connectivity index (χ0) is 35.6. The van der Waals surface area contributed by atoms with Gasteiger partial charge in [-0.15, -0.1) is 0 Å². The van der Waals surface area contributed by atoms with Gasteiger partial charge < -0.3 is 25.1 Å². The minimum atomic E-state index is -4.47. The summed E-state index contributed by atoms with van der Waals surface area (Å²) in [5.41, 5.74) is 3.01. The molecule has 2 aromatic rings. The summed E-state index contributed by atoms with van der Waals surface area (Å²) in [6, 6.07) is 8.78. The first kappa shape index (κ1) is 35.6. The Morgan fingerprint density at radius 1 is 0.833 bits per heavy atom. The summed E-state index contributed by atoms with van der Waals surface area (Å²) in [6.45, 7) is 10.5. The van der Waals surface area contributed by atoms with Gasteiger partial charge >= 0.3 is 5.97 Å². The highest BCUT2D eigenvalue weighted by Gasteiger charge is 2.46. The molecule has 2 heterocycles. The van der Waals surface area contributed by atoms with Crippen LogP contribution in [0.1, 0.15) is 71.4 Å². The highest BCUT2D eigenvalue weighted by Crippen LogP contribution is 2.52. The Balaban J connectivity index is 1.52. The summed E-state index contributed by atoms with van der Waals surface area (Å²) in [6.07, 6.45) is 4.22. The smallest absolute Gasteiger partial charge is 0.303 e. The van der Waals surface area contributed by atoms with Crippen LogP contribution in [-0.4, -0.2) is 66.4 Å². The molecule has 0 aromatic heterocycles. The SMILES string of the molecule is CCN1C(=CC2=C(O)C(C=C3N(CCCCCC(=O)O)c4ccc(S(=O)(=O)O)cc4C3(C)C)C2O)C(C)(C)c2cc(S(=O)(=O)O)ccc21. The molecule has 0 amide bonds. The van der Waals surface area contributed by atoms with Gasteiger partial charge in [0.25, 0.3) is 20.2 Å². The van der Waals surface area contributed by atoms with Crippen LogP contribution in [0.2, 0.25) is 0 Å². The fraction of sp³-hybridized carbons (Fsp3) is 0.441. The van der Waals surface area contributed by atoms with Gasteiger partial charge in [-0.05, 0) is 73.4 Å². The van der Waals surface area contributed by atoms with E-state index >= 15 is 0 Å². The number of rotatable bonds is 11. The van der Waals surface area contributed by atoms with E-state index < -0.39 is 49.1 Å². The number of anilines is 2. The van der Waals surface area contributed by atoms with Crippen molar-refractivity contribution in [3.05, 3.63) is 82.4 Å². The first-order chi connectivity index (χ1) is 22.2. The van der Waals surface area contributed by atoms with Crippen molar-refractivity contribution < 1.29 is 46.1 Å². The van der Waals surface area contributed by atoms with E-state index in [2.05, 4.69) is 0 Å². The summed E-state index contributed by atoms with van der Waals surface area (Å²) >= 11 is 0. The number of aliphatic hydroxyl groups is 2. The lowest BCUT2D eigenvalue weighted by Gasteiger charge is -2.37. The number of aliphatic carboxylic acids is 1. The molecule has 0 spiro atoms. The third kappa shape index (κ3) is 6.15. The normalized spacial score (nSPS) is 23.1. The standard InChI is InChI=1S/C34H42N2O10S2/c1-6-35-26-13-11-20(47(41,42)43)16-24(26)33(2,3)28(35)18-22-31(39)23(32(22)40)19-29-34(4,5)25-17-21(48(44,45)46)12-14-27(25)36(29)15-9-7-8-10-30(37)38/h11-14,16-19,23,31,39-40H,6-10,15H2,1-5H3,(H,37,38)(H,41,42,43)(H,44,45,46). The zero-order valence-electron chi connectivity index (χ0n) is 27.5. The number of fused-ring (bicyclic) bond motifs is 2. The molecule has 2 atom stereocenters. The second-order valence-electron chi connectivity index (χ2n) is 13.6. The average molecular weight is 703 g/mol. The summed E-state index contributed by atoms with van der Waals surface area (Å²) < 4.78 is 67.1. The van der Waals surface area contributed by atoms with Crippen molar-refractivity contribution in [2.24, 2.45) is 5.92 Å². The van der Waals surface area contributed by atoms with E-state index in [1.807, 2.05) is 44.4 Å². The Bertz CT molecular complexity index is 1980. The van der Waals surface area contributed by atoms with Gasteiger partial charge in [-0.25, -0.2) is 0 Å². The van der Waals surface area contributed by atoms with Gasteiger partial charge in [0.05, 0.1) is 21.8 Å². The lowest BCUT2D eigenvalue weighted by atomic mass is 9.75. The van der Waals surface area contributed by atoms with Crippen LogP contribution in [0, 0.1) is 5.92 Å². The van der Waals surface area contributed by atoms with Gasteiger partial charge in [0.15, 0.2) is 0 Å². The molecule has 1 aliphatic carbocycles. The maximum Gasteiger partial charge on any atom is 0.303 e. The Morgan fingerprint density at radius 3 is 1.83 bits per heavy atom. The van der Waals surface area contributed by atoms with Gasteiger partial charge in [-0.1, -0.05) is 40.2 Å². The lowest BCUT2D eigenvalue weighted by molar-refractivity contribution is -0.137. The van der Waals surface area contributed by atoms with E-state index in [1.54, 1.807) is 24.3 Å². The molecule has 2 aromatic carbocycles. The van der Waals surface area contributed by atoms with Crippen LogP contribution < -0.4 is 9.80 Å². The molecular weight excluding hydrogens is 661 g/mol. The van der Waals surface area contributed by atoms with Gasteiger partial charge in [0.1, 0.15) is 5.76 Å². The highest BCUT2D eigenvalue weighted by atomic mass is 32.2. The largest absolute Gasteiger partial charge is 0.511 e. The summed E-state index contributed by atoms with van der Waals surface area (Å²) in [5.74, 6) is -1.71. The molecule has 3 aliphatic rings. The Hall–Kier alpha value is -3.69. The summed E-state index contributed by atoms with van der Waals surface area (Å²) in [7, 11) is -8.90. The number of allylic oxidation sites excluding steroid dienone is 2. The molecular formula is C34H42N2O10S2. The minimum Gasteiger partial charge on any atom is -0.511 e. The summed E-state index contributed by atoms with van der Waals surface area (Å²) in [4.78, 5) is 14.5. The Morgan fingerprint density at radius 2 is 1.35 bits per heavy atom. The van der Waals surface area contributed by atoms with Crippen LogP contribution in [0.15, 0.2) is 81.1 Å². The molecule has 0 bridgehead atoms. The first-order valence-electron chi connectivity index (χ1n) is 15.8. The number of carboxylic acids is 1. The molecule has 5 rings (SSSR count).